The highest BCUT2D eigenvalue weighted by atomic mass is 31.2. The first kappa shape index (κ1) is 40.2. The molecule has 1 unspecified atom stereocenters. The molecule has 2 aliphatic heterocycles. The van der Waals surface area contributed by atoms with Crippen LogP contribution < -0.4 is 20.7 Å². The van der Waals surface area contributed by atoms with Crippen molar-refractivity contribution in [2.45, 2.75) is 75.8 Å². The van der Waals surface area contributed by atoms with E-state index in [1.165, 1.54) is 16.8 Å². The predicted molar refractivity (Wildman–Crippen MR) is 205 cm³/mol. The Balaban J connectivity index is 1.47. The van der Waals surface area contributed by atoms with Crippen molar-refractivity contribution in [2.75, 3.05) is 34.0 Å². The number of fused-ring (bicyclic) bond motifs is 2. The Kier molecular flexibility index (Phi) is 12.6. The summed E-state index contributed by atoms with van der Waals surface area (Å²) in [6.45, 7) is 8.11. The number of aromatic amines is 1. The summed E-state index contributed by atoms with van der Waals surface area (Å²) in [7, 11) is 0.835. The lowest BCUT2D eigenvalue weighted by atomic mass is 9.79. The van der Waals surface area contributed by atoms with Crippen LogP contribution in [0.15, 0.2) is 101 Å². The van der Waals surface area contributed by atoms with Crippen LogP contribution in [0.25, 0.3) is 0 Å². The van der Waals surface area contributed by atoms with Crippen LogP contribution in [-0.2, 0) is 24.3 Å². The molecule has 2 saturated heterocycles. The molecule has 2 N–H and O–H groups in total. The average molecular weight is 774 g/mol. The molecule has 3 heterocycles. The number of nitrogens with one attached hydrogen (secondary N) is 1. The van der Waals surface area contributed by atoms with Gasteiger partial charge in [-0.25, -0.2) is 9.80 Å². The third-order valence-corrected chi connectivity index (χ3v) is 11.2. The molecule has 0 spiro atoms. The van der Waals surface area contributed by atoms with E-state index < -0.39 is 49.4 Å². The summed E-state index contributed by atoms with van der Waals surface area (Å²) < 4.78 is 41.1. The van der Waals surface area contributed by atoms with E-state index in [4.69, 9.17) is 28.2 Å². The molecule has 3 aromatic carbocycles. The van der Waals surface area contributed by atoms with E-state index >= 15 is 0 Å². The van der Waals surface area contributed by atoms with Gasteiger partial charge in [0, 0.05) is 37.3 Å². The number of nitriles is 1. The van der Waals surface area contributed by atoms with E-state index in [-0.39, 0.29) is 38.3 Å². The molecule has 0 aliphatic carbocycles. The third kappa shape index (κ3) is 7.98. The Hall–Kier alpha value is -4.42. The van der Waals surface area contributed by atoms with Crippen LogP contribution in [0.3, 0.4) is 0 Å². The molecule has 15 heteroatoms. The zero-order valence-corrected chi connectivity index (χ0v) is 32.7. The highest BCUT2D eigenvalue weighted by Gasteiger charge is 2.65. The second-order valence-electron chi connectivity index (χ2n) is 14.0. The van der Waals surface area contributed by atoms with E-state index in [1.807, 2.05) is 112 Å². The molecule has 0 radical (unpaired) electrons. The molecule has 5 atom stereocenters. The monoisotopic (exact) mass is 773 g/mol. The van der Waals surface area contributed by atoms with Gasteiger partial charge in [0.1, 0.15) is 34.9 Å². The summed E-state index contributed by atoms with van der Waals surface area (Å²) in [5.74, 6) is 1.34. The molecular formula is C40H48N5O9P. The Morgan fingerprint density at radius 3 is 2.05 bits per heavy atom. The number of ether oxygens (including phenoxy) is 5. The lowest BCUT2D eigenvalue weighted by Gasteiger charge is -2.43. The Labute approximate surface area is 321 Å². The number of hydrogen-bond acceptors (Lipinski definition) is 12. The van der Waals surface area contributed by atoms with Crippen molar-refractivity contribution in [2.24, 2.45) is 0 Å². The van der Waals surface area contributed by atoms with Crippen LogP contribution in [0.4, 0.5) is 0 Å². The normalized spacial score (nSPS) is 21.4. The SMILES string of the molecule is COc1ccc(C(OC[C@@]23CO[C@@H]([C@H](n4ccc(=O)[nH]c4=O)O2)[C@@H]3OP(O)N(CCC#N)N(C(C)C)C(C)C)(c2ccccc2)c2ccc(OC)cc2)cc1. The molecule has 14 nitrogen and oxygen atoms in total. The van der Waals surface area contributed by atoms with Gasteiger partial charge in [-0.2, -0.15) is 10.0 Å². The smallest absolute Gasteiger partial charge is 0.330 e. The van der Waals surface area contributed by atoms with E-state index in [0.717, 1.165) is 16.7 Å². The minimum atomic E-state index is -2.38. The van der Waals surface area contributed by atoms with Gasteiger partial charge in [0.15, 0.2) is 6.23 Å². The van der Waals surface area contributed by atoms with Gasteiger partial charge in [-0.05, 0) is 68.7 Å². The summed E-state index contributed by atoms with van der Waals surface area (Å²) >= 11 is 0. The van der Waals surface area contributed by atoms with Gasteiger partial charge in [-0.1, -0.05) is 54.6 Å². The molecule has 292 valence electrons. The molecular weight excluding hydrogens is 725 g/mol. The van der Waals surface area contributed by atoms with Crippen molar-refractivity contribution >= 4 is 8.53 Å². The molecule has 55 heavy (non-hydrogen) atoms. The number of H-pyrrole nitrogens is 1. The quantitative estimate of drug-likeness (QED) is 0.0834. The van der Waals surface area contributed by atoms with E-state index in [0.29, 0.717) is 11.5 Å². The molecule has 6 rings (SSSR count). The van der Waals surface area contributed by atoms with Gasteiger partial charge < -0.3 is 33.1 Å². The zero-order chi connectivity index (χ0) is 39.3. The van der Waals surface area contributed by atoms with Crippen molar-refractivity contribution in [3.05, 3.63) is 129 Å². The van der Waals surface area contributed by atoms with Gasteiger partial charge in [0.05, 0.1) is 33.5 Å². The lowest BCUT2D eigenvalue weighted by molar-refractivity contribution is -0.203. The molecule has 1 aromatic heterocycles. The van der Waals surface area contributed by atoms with Gasteiger partial charge >= 0.3 is 5.69 Å². The van der Waals surface area contributed by atoms with Crippen molar-refractivity contribution in [1.29, 1.82) is 5.26 Å². The molecule has 0 saturated carbocycles. The molecule has 2 fully saturated rings. The fourth-order valence-electron chi connectivity index (χ4n) is 7.53. The number of nitrogens with zero attached hydrogens (tertiary/aromatic N) is 4. The van der Waals surface area contributed by atoms with Gasteiger partial charge in [-0.15, -0.1) is 0 Å². The van der Waals surface area contributed by atoms with Crippen molar-refractivity contribution in [1.82, 2.24) is 19.3 Å². The summed E-state index contributed by atoms with van der Waals surface area (Å²) in [6.07, 6.45) is -1.39. The molecule has 4 aromatic rings. The third-order valence-electron chi connectivity index (χ3n) is 9.96. The highest BCUT2D eigenvalue weighted by molar-refractivity contribution is 7.43. The van der Waals surface area contributed by atoms with Crippen LogP contribution >= 0.6 is 8.53 Å². The fourth-order valence-corrected chi connectivity index (χ4v) is 9.02. The summed E-state index contributed by atoms with van der Waals surface area (Å²) in [4.78, 5) is 39.5. The maximum absolute atomic E-state index is 13.2. The van der Waals surface area contributed by atoms with Crippen molar-refractivity contribution in [3.63, 3.8) is 0 Å². The second kappa shape index (κ2) is 17.2. The number of benzene rings is 3. The first-order valence-corrected chi connectivity index (χ1v) is 19.3. The van der Waals surface area contributed by atoms with E-state index in [2.05, 4.69) is 11.1 Å². The predicted octanol–water partition coefficient (Wildman–Crippen LogP) is 5.08. The Morgan fingerprint density at radius 1 is 0.945 bits per heavy atom. The van der Waals surface area contributed by atoms with Crippen LogP contribution in [0.1, 0.15) is 57.0 Å². The number of hydrogen-bond donors (Lipinski definition) is 2. The Morgan fingerprint density at radius 2 is 1.53 bits per heavy atom. The minimum Gasteiger partial charge on any atom is -0.497 e. The molecule has 0 amide bonds. The minimum absolute atomic E-state index is 0.00642. The van der Waals surface area contributed by atoms with E-state index in [9.17, 15) is 19.7 Å². The van der Waals surface area contributed by atoms with Crippen molar-refractivity contribution < 1.29 is 33.1 Å². The number of rotatable bonds is 17. The van der Waals surface area contributed by atoms with Crippen LogP contribution in [0.5, 0.6) is 11.5 Å². The summed E-state index contributed by atoms with van der Waals surface area (Å²) in [5, 5.41) is 11.5. The maximum atomic E-state index is 13.2. The average Bonchev–Trinajstić information content (AvgIpc) is 3.68. The van der Waals surface area contributed by atoms with Crippen LogP contribution in [0, 0.1) is 11.3 Å². The zero-order valence-electron chi connectivity index (χ0n) is 31.8. The number of hydrazine groups is 1. The summed E-state index contributed by atoms with van der Waals surface area (Å²) in [5.41, 5.74) is -1.45. The first-order chi connectivity index (χ1) is 26.5. The lowest BCUT2D eigenvalue weighted by Crippen LogP contribution is -2.51. The highest BCUT2D eigenvalue weighted by Crippen LogP contribution is 2.54. The standard InChI is InChI=1S/C40H48N5O9P/c1-27(2)45(28(3)4)44(23-10-22-41)55(48)54-36-35-37(43-24-21-34(46)42-38(43)47)53-39(36,25-51-35)26-52-40(29-11-8-7-9-12-29,30-13-17-32(49-5)18-14-30)31-15-19-33(50-6)20-16-31/h7-9,11-21,24,27-28,35-37,48H,10,23,25-26H2,1-6H3,(H,42,46,47)/t35-,36+,37-,39-,55?/m1/s1. The topological polar surface area (TPSA) is 161 Å². The van der Waals surface area contributed by atoms with E-state index in [1.54, 1.807) is 19.0 Å². The van der Waals surface area contributed by atoms with Gasteiger partial charge in [0.2, 0.25) is 0 Å². The molecule has 2 aliphatic rings. The largest absolute Gasteiger partial charge is 0.497 e. The van der Waals surface area contributed by atoms with Gasteiger partial charge in [0.25, 0.3) is 14.1 Å². The number of aromatic nitrogens is 2. The Bertz CT molecular complexity index is 1980. The number of methoxy groups -OCH3 is 2. The second-order valence-corrected chi connectivity index (χ2v) is 15.2. The van der Waals surface area contributed by atoms with Crippen LogP contribution in [-0.4, -0.2) is 88.1 Å². The fraction of sp³-hybridized carbons (Fsp3) is 0.425. The first-order valence-electron chi connectivity index (χ1n) is 18.2. The summed E-state index contributed by atoms with van der Waals surface area (Å²) in [6, 6.07) is 28.4. The van der Waals surface area contributed by atoms with Crippen LogP contribution in [0.2, 0.25) is 0 Å². The molecule has 2 bridgehead atoms. The maximum Gasteiger partial charge on any atom is 0.330 e. The van der Waals surface area contributed by atoms with Crippen molar-refractivity contribution in [3.8, 4) is 17.6 Å². The van der Waals surface area contributed by atoms with Gasteiger partial charge in [-0.3, -0.25) is 14.3 Å².